The van der Waals surface area contributed by atoms with Gasteiger partial charge in [0.2, 0.25) is 0 Å². The van der Waals surface area contributed by atoms with Gasteiger partial charge in [-0.3, -0.25) is 0 Å². The Morgan fingerprint density at radius 1 is 0.933 bits per heavy atom. The molecule has 0 saturated carbocycles. The van der Waals surface area contributed by atoms with Gasteiger partial charge in [-0.2, -0.15) is 0 Å². The zero-order valence-electron chi connectivity index (χ0n) is 12.1. The lowest BCUT2D eigenvalue weighted by molar-refractivity contribution is 0.218. The predicted molar refractivity (Wildman–Crippen MR) is 70.2 cm³/mol. The van der Waals surface area contributed by atoms with Crippen molar-refractivity contribution in [3.05, 3.63) is 0 Å². The maximum atomic E-state index is 3.74. The highest BCUT2D eigenvalue weighted by Crippen LogP contribution is 2.27. The molecule has 92 valence electrons. The van der Waals surface area contributed by atoms with E-state index in [0.717, 1.165) is 5.92 Å². The molecule has 1 unspecified atom stereocenters. The Labute approximate surface area is 97.0 Å². The van der Waals surface area contributed by atoms with Crippen LogP contribution >= 0.6 is 0 Å². The summed E-state index contributed by atoms with van der Waals surface area (Å²) in [6.07, 6.45) is 2.47. The highest BCUT2D eigenvalue weighted by molar-refractivity contribution is 4.85. The average Bonchev–Trinajstić information content (AvgIpc) is 1.73. The van der Waals surface area contributed by atoms with Gasteiger partial charge in [0, 0.05) is 11.6 Å². The van der Waals surface area contributed by atoms with E-state index in [9.17, 15) is 0 Å². The van der Waals surface area contributed by atoms with Crippen molar-refractivity contribution in [2.45, 2.75) is 79.8 Å². The van der Waals surface area contributed by atoms with Crippen molar-refractivity contribution in [1.82, 2.24) is 5.32 Å². The molecule has 0 aliphatic carbocycles. The molecule has 0 rings (SSSR count). The van der Waals surface area contributed by atoms with E-state index in [1.807, 2.05) is 0 Å². The maximum Gasteiger partial charge on any atom is 0.0132 e. The van der Waals surface area contributed by atoms with Crippen LogP contribution in [-0.2, 0) is 0 Å². The summed E-state index contributed by atoms with van der Waals surface area (Å²) in [5.74, 6) is 0.776. The Morgan fingerprint density at radius 2 is 1.40 bits per heavy atom. The Kier molecular flexibility index (Phi) is 5.32. The number of rotatable bonds is 5. The van der Waals surface area contributed by atoms with Gasteiger partial charge in [0.25, 0.3) is 0 Å². The lowest BCUT2D eigenvalue weighted by Crippen LogP contribution is -2.47. The van der Waals surface area contributed by atoms with Crippen molar-refractivity contribution in [2.24, 2.45) is 11.3 Å². The second-order valence-corrected chi connectivity index (χ2v) is 7.30. The standard InChI is InChI=1S/C14H31N/c1-11(2)9-12(3)15-14(7,8)10-13(4,5)6/h11-12,15H,9-10H2,1-8H3. The summed E-state index contributed by atoms with van der Waals surface area (Å²) in [6, 6.07) is 0.613. The summed E-state index contributed by atoms with van der Waals surface area (Å²) in [6.45, 7) is 18.4. The van der Waals surface area contributed by atoms with E-state index in [0.29, 0.717) is 11.5 Å². The molecule has 1 N–H and O–H groups in total. The molecule has 0 aromatic rings. The van der Waals surface area contributed by atoms with Gasteiger partial charge in [-0.15, -0.1) is 0 Å². The van der Waals surface area contributed by atoms with Crippen LogP contribution < -0.4 is 5.32 Å². The highest BCUT2D eigenvalue weighted by Gasteiger charge is 2.26. The largest absolute Gasteiger partial charge is 0.309 e. The fourth-order valence-electron chi connectivity index (χ4n) is 2.81. The van der Waals surface area contributed by atoms with Crippen LogP contribution in [0.25, 0.3) is 0 Å². The van der Waals surface area contributed by atoms with Gasteiger partial charge in [-0.25, -0.2) is 0 Å². The van der Waals surface area contributed by atoms with Crippen molar-refractivity contribution in [3.63, 3.8) is 0 Å². The lowest BCUT2D eigenvalue weighted by Gasteiger charge is -2.36. The van der Waals surface area contributed by atoms with Crippen LogP contribution in [0.1, 0.15) is 68.2 Å². The SMILES string of the molecule is CC(C)CC(C)NC(C)(C)CC(C)(C)C. The Hall–Kier alpha value is -0.0400. The molecular formula is C14H31N. The first-order chi connectivity index (χ1) is 6.52. The Morgan fingerprint density at radius 3 is 1.73 bits per heavy atom. The summed E-state index contributed by atoms with van der Waals surface area (Å²) in [5, 5.41) is 3.74. The number of hydrogen-bond donors (Lipinski definition) is 1. The van der Waals surface area contributed by atoms with Crippen molar-refractivity contribution in [1.29, 1.82) is 0 Å². The first-order valence-electron chi connectivity index (χ1n) is 6.29. The van der Waals surface area contributed by atoms with Crippen LogP contribution in [0.2, 0.25) is 0 Å². The highest BCUT2D eigenvalue weighted by atomic mass is 15.0. The monoisotopic (exact) mass is 213 g/mol. The van der Waals surface area contributed by atoms with Crippen LogP contribution in [0.4, 0.5) is 0 Å². The molecule has 0 spiro atoms. The minimum Gasteiger partial charge on any atom is -0.309 e. The van der Waals surface area contributed by atoms with Crippen molar-refractivity contribution in [3.8, 4) is 0 Å². The smallest absolute Gasteiger partial charge is 0.0132 e. The van der Waals surface area contributed by atoms with Gasteiger partial charge in [-0.1, -0.05) is 34.6 Å². The average molecular weight is 213 g/mol. The summed E-state index contributed by atoms with van der Waals surface area (Å²) in [5.41, 5.74) is 0.639. The molecule has 0 saturated heterocycles. The van der Waals surface area contributed by atoms with E-state index in [2.05, 4.69) is 60.7 Å². The molecule has 15 heavy (non-hydrogen) atoms. The van der Waals surface area contributed by atoms with E-state index < -0.39 is 0 Å². The molecule has 0 aliphatic heterocycles. The van der Waals surface area contributed by atoms with E-state index >= 15 is 0 Å². The third-order valence-corrected chi connectivity index (χ3v) is 2.43. The van der Waals surface area contributed by atoms with Gasteiger partial charge in [0.15, 0.2) is 0 Å². The van der Waals surface area contributed by atoms with Gasteiger partial charge < -0.3 is 5.32 Å². The number of nitrogens with one attached hydrogen (secondary N) is 1. The quantitative estimate of drug-likeness (QED) is 0.721. The van der Waals surface area contributed by atoms with Crippen molar-refractivity contribution >= 4 is 0 Å². The molecule has 0 fully saturated rings. The zero-order valence-corrected chi connectivity index (χ0v) is 12.1. The van der Waals surface area contributed by atoms with Crippen LogP contribution in [-0.4, -0.2) is 11.6 Å². The molecule has 1 nitrogen and oxygen atoms in total. The molecule has 1 atom stereocenters. The molecule has 1 heteroatoms. The molecule has 0 radical (unpaired) electrons. The zero-order chi connectivity index (χ0) is 12.3. The fourth-order valence-corrected chi connectivity index (χ4v) is 2.81. The molecule has 0 aliphatic rings. The number of hydrogen-bond acceptors (Lipinski definition) is 1. The second-order valence-electron chi connectivity index (χ2n) is 7.30. The maximum absolute atomic E-state index is 3.74. The van der Waals surface area contributed by atoms with E-state index in [4.69, 9.17) is 0 Å². The molecule has 0 bridgehead atoms. The van der Waals surface area contributed by atoms with Gasteiger partial charge >= 0.3 is 0 Å². The third kappa shape index (κ3) is 8.92. The summed E-state index contributed by atoms with van der Waals surface area (Å²) in [4.78, 5) is 0. The third-order valence-electron chi connectivity index (χ3n) is 2.43. The minimum atomic E-state index is 0.243. The summed E-state index contributed by atoms with van der Waals surface area (Å²) < 4.78 is 0. The first-order valence-corrected chi connectivity index (χ1v) is 6.29. The molecule has 0 amide bonds. The fraction of sp³-hybridized carbons (Fsp3) is 1.00. The second kappa shape index (κ2) is 5.34. The van der Waals surface area contributed by atoms with Crippen molar-refractivity contribution < 1.29 is 0 Å². The lowest BCUT2D eigenvalue weighted by atomic mass is 9.81. The summed E-state index contributed by atoms with van der Waals surface area (Å²) in [7, 11) is 0. The van der Waals surface area contributed by atoms with Crippen LogP contribution in [0.3, 0.4) is 0 Å². The van der Waals surface area contributed by atoms with Gasteiger partial charge in [0.1, 0.15) is 0 Å². The van der Waals surface area contributed by atoms with E-state index in [1.54, 1.807) is 0 Å². The van der Waals surface area contributed by atoms with Gasteiger partial charge in [0.05, 0.1) is 0 Å². The van der Waals surface area contributed by atoms with Crippen LogP contribution in [0.15, 0.2) is 0 Å². The molecule has 0 heterocycles. The van der Waals surface area contributed by atoms with Crippen molar-refractivity contribution in [2.75, 3.05) is 0 Å². The van der Waals surface area contributed by atoms with Crippen LogP contribution in [0, 0.1) is 11.3 Å². The minimum absolute atomic E-state index is 0.243. The molecule has 0 aromatic carbocycles. The normalized spacial score (nSPS) is 15.8. The molecule has 0 aromatic heterocycles. The molecular weight excluding hydrogens is 182 g/mol. The Balaban J connectivity index is 4.13. The van der Waals surface area contributed by atoms with E-state index in [-0.39, 0.29) is 5.54 Å². The summed E-state index contributed by atoms with van der Waals surface area (Å²) >= 11 is 0. The first kappa shape index (κ1) is 15.0. The predicted octanol–water partition coefficient (Wildman–Crippen LogP) is 4.23. The topological polar surface area (TPSA) is 12.0 Å². The van der Waals surface area contributed by atoms with Gasteiger partial charge in [-0.05, 0) is 44.9 Å². The van der Waals surface area contributed by atoms with Crippen LogP contribution in [0.5, 0.6) is 0 Å². The van der Waals surface area contributed by atoms with E-state index in [1.165, 1.54) is 12.8 Å². The Bertz CT molecular complexity index is 174.